The normalized spacial score (nSPS) is 10.4. The maximum absolute atomic E-state index is 5.32. The van der Waals surface area contributed by atoms with Gasteiger partial charge in [-0.25, -0.2) is 9.97 Å². The van der Waals surface area contributed by atoms with Gasteiger partial charge < -0.3 is 9.73 Å². The van der Waals surface area contributed by atoms with Gasteiger partial charge in [-0.1, -0.05) is 0 Å². The van der Waals surface area contributed by atoms with Gasteiger partial charge in [0, 0.05) is 12.7 Å². The van der Waals surface area contributed by atoms with Crippen LogP contribution >= 0.6 is 38.5 Å². The molecule has 2 aromatic heterocycles. The Bertz CT molecular complexity index is 501. The molecule has 0 unspecified atom stereocenters. The maximum Gasteiger partial charge on any atom is 0.198 e. The molecule has 0 atom stereocenters. The van der Waals surface area contributed by atoms with E-state index in [0.717, 1.165) is 20.4 Å². The summed E-state index contributed by atoms with van der Waals surface area (Å²) >= 11 is 5.59. The molecule has 4 nitrogen and oxygen atoms in total. The summed E-state index contributed by atoms with van der Waals surface area (Å²) < 4.78 is 7.17. The molecular formula is C10H9BrIN3O. The van der Waals surface area contributed by atoms with Crippen LogP contribution in [-0.4, -0.2) is 16.5 Å². The molecule has 6 heteroatoms. The van der Waals surface area contributed by atoms with Crippen molar-refractivity contribution < 1.29 is 4.42 Å². The van der Waals surface area contributed by atoms with Crippen LogP contribution in [0.15, 0.2) is 27.4 Å². The highest BCUT2D eigenvalue weighted by molar-refractivity contribution is 14.1. The Balaban J connectivity index is 2.43. The summed E-state index contributed by atoms with van der Waals surface area (Å²) in [6.45, 7) is 2.85. The summed E-state index contributed by atoms with van der Waals surface area (Å²) in [6, 6.07) is 1.82. The molecule has 0 amide bonds. The number of hydrogen-bond donors (Lipinski definition) is 1. The molecular weight excluding hydrogens is 385 g/mol. The Morgan fingerprint density at radius 1 is 1.56 bits per heavy atom. The van der Waals surface area contributed by atoms with Gasteiger partial charge in [0.1, 0.15) is 5.82 Å². The average molecular weight is 394 g/mol. The molecule has 0 saturated heterocycles. The Morgan fingerprint density at radius 3 is 3.00 bits per heavy atom. The van der Waals surface area contributed by atoms with E-state index in [0.29, 0.717) is 11.6 Å². The summed E-state index contributed by atoms with van der Waals surface area (Å²) in [5.74, 6) is 2.06. The standard InChI is InChI=1S/C10H9BrIN3O/c1-2-13-9-7(12)5-14-10(15-9)8-6(11)3-4-16-8/h3-5H,2H2,1H3,(H,13,14,15). The third-order valence-corrected chi connectivity index (χ3v) is 3.32. The van der Waals surface area contributed by atoms with E-state index in [4.69, 9.17) is 4.42 Å². The van der Waals surface area contributed by atoms with Gasteiger partial charge in [0.15, 0.2) is 11.6 Å². The topological polar surface area (TPSA) is 51.0 Å². The van der Waals surface area contributed by atoms with Crippen LogP contribution in [0.2, 0.25) is 0 Å². The van der Waals surface area contributed by atoms with Crippen molar-refractivity contribution in [2.75, 3.05) is 11.9 Å². The van der Waals surface area contributed by atoms with Gasteiger partial charge in [-0.15, -0.1) is 0 Å². The van der Waals surface area contributed by atoms with E-state index in [9.17, 15) is 0 Å². The lowest BCUT2D eigenvalue weighted by Crippen LogP contribution is -2.03. The lowest BCUT2D eigenvalue weighted by molar-refractivity contribution is 0.576. The van der Waals surface area contributed by atoms with Crippen LogP contribution in [-0.2, 0) is 0 Å². The molecule has 0 spiro atoms. The van der Waals surface area contributed by atoms with Crippen molar-refractivity contribution in [3.05, 3.63) is 26.6 Å². The van der Waals surface area contributed by atoms with E-state index in [-0.39, 0.29) is 0 Å². The predicted molar refractivity (Wildman–Crippen MR) is 74.3 cm³/mol. The van der Waals surface area contributed by atoms with E-state index in [2.05, 4.69) is 53.8 Å². The number of nitrogens with zero attached hydrogens (tertiary/aromatic N) is 2. The van der Waals surface area contributed by atoms with Gasteiger partial charge in [0.05, 0.1) is 14.3 Å². The molecule has 2 aromatic rings. The number of anilines is 1. The molecule has 2 heterocycles. The summed E-state index contributed by atoms with van der Waals surface area (Å²) in [6.07, 6.45) is 3.38. The number of halogens is 2. The number of nitrogens with one attached hydrogen (secondary N) is 1. The number of rotatable bonds is 3. The molecule has 0 saturated carbocycles. The van der Waals surface area contributed by atoms with Crippen LogP contribution in [0.1, 0.15) is 6.92 Å². The minimum absolute atomic E-state index is 0.577. The van der Waals surface area contributed by atoms with Crippen LogP contribution in [0.4, 0.5) is 5.82 Å². The van der Waals surface area contributed by atoms with Crippen LogP contribution in [0.25, 0.3) is 11.6 Å². The SMILES string of the molecule is CCNc1nc(-c2occc2Br)ncc1I. The van der Waals surface area contributed by atoms with E-state index in [1.54, 1.807) is 12.5 Å². The number of furan rings is 1. The Hall–Kier alpha value is -0.630. The fourth-order valence-electron chi connectivity index (χ4n) is 1.22. The van der Waals surface area contributed by atoms with Crippen LogP contribution in [0.5, 0.6) is 0 Å². The smallest absolute Gasteiger partial charge is 0.198 e. The zero-order valence-electron chi connectivity index (χ0n) is 8.50. The van der Waals surface area contributed by atoms with Crippen LogP contribution in [0.3, 0.4) is 0 Å². The van der Waals surface area contributed by atoms with Crippen molar-refractivity contribution in [1.29, 1.82) is 0 Å². The Kier molecular flexibility index (Phi) is 3.80. The summed E-state index contributed by atoms with van der Waals surface area (Å²) in [4.78, 5) is 8.65. The van der Waals surface area contributed by atoms with Gasteiger partial charge in [0.25, 0.3) is 0 Å². The lowest BCUT2D eigenvalue weighted by atomic mass is 10.4. The van der Waals surface area contributed by atoms with Crippen molar-refractivity contribution in [2.45, 2.75) is 6.92 Å². The maximum atomic E-state index is 5.32. The van der Waals surface area contributed by atoms with Crippen LogP contribution < -0.4 is 5.32 Å². The molecule has 0 aliphatic carbocycles. The Morgan fingerprint density at radius 2 is 2.38 bits per heavy atom. The van der Waals surface area contributed by atoms with Crippen LogP contribution in [0, 0.1) is 3.57 Å². The lowest BCUT2D eigenvalue weighted by Gasteiger charge is -2.05. The molecule has 16 heavy (non-hydrogen) atoms. The second-order valence-corrected chi connectivity index (χ2v) is 5.03. The number of hydrogen-bond acceptors (Lipinski definition) is 4. The van der Waals surface area contributed by atoms with Gasteiger partial charge in [-0.05, 0) is 51.5 Å². The second kappa shape index (κ2) is 5.13. The van der Waals surface area contributed by atoms with E-state index < -0.39 is 0 Å². The third-order valence-electron chi connectivity index (χ3n) is 1.91. The molecule has 0 bridgehead atoms. The largest absolute Gasteiger partial charge is 0.460 e. The molecule has 84 valence electrons. The molecule has 0 fully saturated rings. The monoisotopic (exact) mass is 393 g/mol. The summed E-state index contributed by atoms with van der Waals surface area (Å²) in [5.41, 5.74) is 0. The quantitative estimate of drug-likeness (QED) is 0.810. The highest BCUT2D eigenvalue weighted by Crippen LogP contribution is 2.28. The average Bonchev–Trinajstić information content (AvgIpc) is 2.68. The first-order valence-electron chi connectivity index (χ1n) is 4.72. The second-order valence-electron chi connectivity index (χ2n) is 3.02. The van der Waals surface area contributed by atoms with Crippen molar-refractivity contribution in [1.82, 2.24) is 9.97 Å². The Labute approximate surface area is 115 Å². The first-order valence-corrected chi connectivity index (χ1v) is 6.59. The minimum atomic E-state index is 0.577. The minimum Gasteiger partial charge on any atom is -0.460 e. The van der Waals surface area contributed by atoms with Gasteiger partial charge in [-0.3, -0.25) is 0 Å². The molecule has 2 rings (SSSR count). The van der Waals surface area contributed by atoms with Gasteiger partial charge in [-0.2, -0.15) is 0 Å². The third kappa shape index (κ3) is 2.37. The zero-order valence-corrected chi connectivity index (χ0v) is 12.2. The van der Waals surface area contributed by atoms with Crippen molar-refractivity contribution in [2.24, 2.45) is 0 Å². The van der Waals surface area contributed by atoms with E-state index >= 15 is 0 Å². The first-order chi connectivity index (χ1) is 7.72. The molecule has 0 radical (unpaired) electrons. The summed E-state index contributed by atoms with van der Waals surface area (Å²) in [7, 11) is 0. The van der Waals surface area contributed by atoms with Gasteiger partial charge in [0.2, 0.25) is 0 Å². The summed E-state index contributed by atoms with van der Waals surface area (Å²) in [5, 5.41) is 3.18. The van der Waals surface area contributed by atoms with Crippen molar-refractivity contribution >= 4 is 44.3 Å². The molecule has 0 aliphatic heterocycles. The zero-order chi connectivity index (χ0) is 11.5. The molecule has 0 aromatic carbocycles. The van der Waals surface area contributed by atoms with E-state index in [1.165, 1.54) is 0 Å². The first kappa shape index (κ1) is 11.8. The van der Waals surface area contributed by atoms with Gasteiger partial charge >= 0.3 is 0 Å². The highest BCUT2D eigenvalue weighted by Gasteiger charge is 2.12. The fourth-order valence-corrected chi connectivity index (χ4v) is 2.05. The van der Waals surface area contributed by atoms with E-state index in [1.807, 2.05) is 13.0 Å². The molecule has 0 aliphatic rings. The fraction of sp³-hybridized carbons (Fsp3) is 0.200. The number of aromatic nitrogens is 2. The highest BCUT2D eigenvalue weighted by atomic mass is 127. The predicted octanol–water partition coefficient (Wildman–Crippen LogP) is 3.54. The van der Waals surface area contributed by atoms with Crippen molar-refractivity contribution in [3.63, 3.8) is 0 Å². The molecule has 1 N–H and O–H groups in total. The van der Waals surface area contributed by atoms with Crippen molar-refractivity contribution in [3.8, 4) is 11.6 Å².